The first-order valence-corrected chi connectivity index (χ1v) is 9.72. The number of hydrogen-bond acceptors (Lipinski definition) is 7. The predicted molar refractivity (Wildman–Crippen MR) is 114 cm³/mol. The molecular formula is C22H21N5O4. The number of amides is 1. The minimum atomic E-state index is -0.291. The van der Waals surface area contributed by atoms with E-state index in [1.165, 1.54) is 16.9 Å². The molecule has 31 heavy (non-hydrogen) atoms. The summed E-state index contributed by atoms with van der Waals surface area (Å²) in [5.41, 5.74) is 2.66. The van der Waals surface area contributed by atoms with Crippen molar-refractivity contribution in [2.45, 2.75) is 26.4 Å². The van der Waals surface area contributed by atoms with E-state index in [-0.39, 0.29) is 17.5 Å². The number of pyridine rings is 1. The summed E-state index contributed by atoms with van der Waals surface area (Å²) in [7, 11) is 1.54. The molecule has 9 nitrogen and oxygen atoms in total. The maximum atomic E-state index is 12.3. The molecule has 1 N–H and O–H groups in total. The molecule has 0 bridgehead atoms. The molecular weight excluding hydrogens is 398 g/mol. The second kappa shape index (κ2) is 8.39. The Balaban J connectivity index is 1.52. The third-order valence-electron chi connectivity index (χ3n) is 4.64. The van der Waals surface area contributed by atoms with Gasteiger partial charge in [0.15, 0.2) is 5.58 Å². The van der Waals surface area contributed by atoms with Gasteiger partial charge >= 0.3 is 0 Å². The van der Waals surface area contributed by atoms with Crippen molar-refractivity contribution >= 4 is 17.0 Å². The fraction of sp³-hybridized carbons (Fsp3) is 0.227. The predicted octanol–water partition coefficient (Wildman–Crippen LogP) is 2.97. The lowest BCUT2D eigenvalue weighted by molar-refractivity contribution is 0.0946. The number of fused-ring (bicyclic) bond motifs is 1. The molecule has 0 aliphatic heterocycles. The highest BCUT2D eigenvalue weighted by molar-refractivity contribution is 5.92. The Morgan fingerprint density at radius 3 is 2.74 bits per heavy atom. The van der Waals surface area contributed by atoms with Crippen LogP contribution in [0.4, 0.5) is 0 Å². The van der Waals surface area contributed by atoms with Crippen molar-refractivity contribution < 1.29 is 13.9 Å². The molecule has 0 radical (unpaired) electrons. The van der Waals surface area contributed by atoms with Gasteiger partial charge in [-0.3, -0.25) is 9.59 Å². The maximum Gasteiger partial charge on any atom is 0.270 e. The van der Waals surface area contributed by atoms with E-state index in [2.05, 4.69) is 20.4 Å². The zero-order chi connectivity index (χ0) is 22.0. The van der Waals surface area contributed by atoms with E-state index in [1.807, 2.05) is 32.0 Å². The Hall–Kier alpha value is -4.01. The first kappa shape index (κ1) is 20.3. The fourth-order valence-corrected chi connectivity index (χ4v) is 3.01. The Morgan fingerprint density at radius 1 is 1.19 bits per heavy atom. The zero-order valence-electron chi connectivity index (χ0n) is 17.3. The van der Waals surface area contributed by atoms with Crippen LogP contribution in [0.25, 0.3) is 22.7 Å². The Morgan fingerprint density at radius 2 is 2.03 bits per heavy atom. The summed E-state index contributed by atoms with van der Waals surface area (Å²) >= 11 is 0. The zero-order valence-corrected chi connectivity index (χ0v) is 17.3. The second-order valence-electron chi connectivity index (χ2n) is 7.18. The van der Waals surface area contributed by atoms with Crippen LogP contribution in [0.3, 0.4) is 0 Å². The SMILES string of the molecule is COc1ccc(C(=O)NCc2ccc3nc(-c4ccc(=O)n(C(C)C)n4)oc3c2)nc1. The highest BCUT2D eigenvalue weighted by Crippen LogP contribution is 2.23. The molecule has 4 rings (SSSR count). The molecule has 0 unspecified atom stereocenters. The van der Waals surface area contributed by atoms with Crippen LogP contribution in [0.2, 0.25) is 0 Å². The van der Waals surface area contributed by atoms with Crippen molar-refractivity contribution in [1.29, 1.82) is 0 Å². The number of ether oxygens (including phenoxy) is 1. The molecule has 158 valence electrons. The van der Waals surface area contributed by atoms with Crippen LogP contribution < -0.4 is 15.6 Å². The maximum absolute atomic E-state index is 12.3. The standard InChI is InChI=1S/C22H21N5O4/c1-13(2)27-20(28)9-8-18(26-27)22-25-16-6-4-14(10-19(16)31-22)11-24-21(29)17-7-5-15(30-3)12-23-17/h4-10,12-13H,11H2,1-3H3,(H,24,29). The number of hydrogen-bond donors (Lipinski definition) is 1. The van der Waals surface area contributed by atoms with E-state index in [0.29, 0.717) is 40.7 Å². The average Bonchev–Trinajstić information content (AvgIpc) is 3.21. The quantitative estimate of drug-likeness (QED) is 0.511. The third kappa shape index (κ3) is 4.30. The summed E-state index contributed by atoms with van der Waals surface area (Å²) in [6.07, 6.45) is 1.49. The molecule has 0 saturated heterocycles. The molecule has 4 aromatic rings. The molecule has 9 heteroatoms. The van der Waals surface area contributed by atoms with E-state index in [0.717, 1.165) is 5.56 Å². The van der Waals surface area contributed by atoms with Crippen LogP contribution in [0.5, 0.6) is 5.75 Å². The van der Waals surface area contributed by atoms with Crippen LogP contribution in [0.15, 0.2) is 57.9 Å². The summed E-state index contributed by atoms with van der Waals surface area (Å²) in [5, 5.41) is 7.17. The lowest BCUT2D eigenvalue weighted by Gasteiger charge is -2.07. The first-order valence-electron chi connectivity index (χ1n) is 9.72. The monoisotopic (exact) mass is 419 g/mol. The number of benzene rings is 1. The minimum absolute atomic E-state index is 0.0766. The van der Waals surface area contributed by atoms with Crippen LogP contribution >= 0.6 is 0 Å². The lowest BCUT2D eigenvalue weighted by Crippen LogP contribution is -2.23. The number of methoxy groups -OCH3 is 1. The molecule has 0 aliphatic rings. The van der Waals surface area contributed by atoms with Crippen molar-refractivity contribution in [2.75, 3.05) is 7.11 Å². The van der Waals surface area contributed by atoms with Crippen LogP contribution in [0.1, 0.15) is 35.9 Å². The molecule has 3 heterocycles. The van der Waals surface area contributed by atoms with E-state index in [1.54, 1.807) is 25.3 Å². The molecule has 1 amide bonds. The normalized spacial score (nSPS) is 11.1. The number of carbonyl (C=O) groups excluding carboxylic acids is 1. The Kier molecular flexibility index (Phi) is 5.48. The highest BCUT2D eigenvalue weighted by atomic mass is 16.5. The number of nitrogens with zero attached hydrogens (tertiary/aromatic N) is 4. The van der Waals surface area contributed by atoms with Gasteiger partial charge in [0.25, 0.3) is 11.5 Å². The molecule has 0 fully saturated rings. The van der Waals surface area contributed by atoms with Gasteiger partial charge in [0, 0.05) is 12.6 Å². The topological polar surface area (TPSA) is 112 Å². The van der Waals surface area contributed by atoms with Gasteiger partial charge in [-0.1, -0.05) is 6.07 Å². The summed E-state index contributed by atoms with van der Waals surface area (Å²) < 4.78 is 12.3. The molecule has 0 atom stereocenters. The van der Waals surface area contributed by atoms with Gasteiger partial charge in [-0.05, 0) is 49.7 Å². The van der Waals surface area contributed by atoms with Crippen molar-refractivity contribution in [1.82, 2.24) is 25.1 Å². The third-order valence-corrected chi connectivity index (χ3v) is 4.64. The largest absolute Gasteiger partial charge is 0.495 e. The summed E-state index contributed by atoms with van der Waals surface area (Å²) in [6, 6.07) is 11.7. The lowest BCUT2D eigenvalue weighted by atomic mass is 10.2. The van der Waals surface area contributed by atoms with Crippen LogP contribution in [-0.2, 0) is 6.54 Å². The van der Waals surface area contributed by atoms with Crippen LogP contribution in [-0.4, -0.2) is 32.8 Å². The summed E-state index contributed by atoms with van der Waals surface area (Å²) in [5.74, 6) is 0.621. The average molecular weight is 419 g/mol. The number of nitrogens with one attached hydrogen (secondary N) is 1. The van der Waals surface area contributed by atoms with Crippen molar-refractivity contribution in [3.05, 3.63) is 70.3 Å². The van der Waals surface area contributed by atoms with Gasteiger partial charge in [-0.25, -0.2) is 14.6 Å². The van der Waals surface area contributed by atoms with E-state index >= 15 is 0 Å². The second-order valence-corrected chi connectivity index (χ2v) is 7.18. The van der Waals surface area contributed by atoms with Gasteiger partial charge in [-0.15, -0.1) is 0 Å². The van der Waals surface area contributed by atoms with Gasteiger partial charge in [0.2, 0.25) is 5.89 Å². The van der Waals surface area contributed by atoms with Crippen molar-refractivity contribution in [2.24, 2.45) is 0 Å². The number of rotatable bonds is 6. The van der Waals surface area contributed by atoms with Gasteiger partial charge in [0.1, 0.15) is 22.7 Å². The number of oxazole rings is 1. The van der Waals surface area contributed by atoms with Gasteiger partial charge in [-0.2, -0.15) is 5.10 Å². The fourth-order valence-electron chi connectivity index (χ4n) is 3.01. The van der Waals surface area contributed by atoms with E-state index in [4.69, 9.17) is 9.15 Å². The van der Waals surface area contributed by atoms with Crippen molar-refractivity contribution in [3.8, 4) is 17.3 Å². The number of carbonyl (C=O) groups is 1. The smallest absolute Gasteiger partial charge is 0.270 e. The molecule has 0 aliphatic carbocycles. The van der Waals surface area contributed by atoms with E-state index < -0.39 is 0 Å². The highest BCUT2D eigenvalue weighted by Gasteiger charge is 2.13. The first-order chi connectivity index (χ1) is 14.9. The molecule has 1 aromatic carbocycles. The van der Waals surface area contributed by atoms with E-state index in [9.17, 15) is 9.59 Å². The molecule has 0 saturated carbocycles. The number of aromatic nitrogens is 4. The van der Waals surface area contributed by atoms with Crippen LogP contribution in [0, 0.1) is 0 Å². The molecule has 0 spiro atoms. The Bertz CT molecular complexity index is 1290. The van der Waals surface area contributed by atoms with Gasteiger partial charge < -0.3 is 14.5 Å². The summed E-state index contributed by atoms with van der Waals surface area (Å²) in [4.78, 5) is 32.8. The minimum Gasteiger partial charge on any atom is -0.495 e. The Labute approximate surface area is 177 Å². The van der Waals surface area contributed by atoms with Gasteiger partial charge in [0.05, 0.1) is 19.3 Å². The molecule has 3 aromatic heterocycles. The summed E-state index contributed by atoms with van der Waals surface area (Å²) in [6.45, 7) is 4.06. The van der Waals surface area contributed by atoms with Crippen molar-refractivity contribution in [3.63, 3.8) is 0 Å².